The average Bonchev–Trinajstić information content (AvgIpc) is 3.17. The molecule has 150 valence electrons. The first-order valence-electron chi connectivity index (χ1n) is 9.23. The molecule has 1 unspecified atom stereocenters. The van der Waals surface area contributed by atoms with Gasteiger partial charge in [0.25, 0.3) is 5.91 Å². The molecule has 1 fully saturated rings. The molecule has 1 aromatic carbocycles. The second-order valence-electron chi connectivity index (χ2n) is 6.65. The quantitative estimate of drug-likeness (QED) is 0.689. The molecule has 2 aromatic rings. The van der Waals surface area contributed by atoms with Gasteiger partial charge in [0.2, 0.25) is 5.91 Å². The maximum Gasteiger partial charge on any atom is 0.273 e. The highest BCUT2D eigenvalue weighted by Crippen LogP contribution is 2.32. The number of hydrogen-bond donors (Lipinski definition) is 2. The molecule has 9 heteroatoms. The SMILES string of the molecule is CCCNC(=O)C1CCCN(C(=O)c2csc(Nc3cccc(Cl)c3Cl)n2)C1. The molecule has 0 saturated carbocycles. The highest BCUT2D eigenvalue weighted by Gasteiger charge is 2.29. The van der Waals surface area contributed by atoms with Gasteiger partial charge in [0.15, 0.2) is 5.13 Å². The molecule has 28 heavy (non-hydrogen) atoms. The van der Waals surface area contributed by atoms with E-state index in [4.69, 9.17) is 23.2 Å². The van der Waals surface area contributed by atoms with E-state index in [-0.39, 0.29) is 17.7 Å². The van der Waals surface area contributed by atoms with Crippen molar-refractivity contribution < 1.29 is 9.59 Å². The zero-order valence-corrected chi connectivity index (χ0v) is 17.8. The molecular formula is C19H22Cl2N4O2S. The number of piperidine rings is 1. The molecule has 1 aromatic heterocycles. The predicted molar refractivity (Wildman–Crippen MR) is 114 cm³/mol. The summed E-state index contributed by atoms with van der Waals surface area (Å²) in [5.41, 5.74) is 0.994. The van der Waals surface area contributed by atoms with Crippen LogP contribution < -0.4 is 10.6 Å². The van der Waals surface area contributed by atoms with Crippen LogP contribution in [0.4, 0.5) is 10.8 Å². The Bertz CT molecular complexity index is 858. The van der Waals surface area contributed by atoms with E-state index in [0.717, 1.165) is 19.3 Å². The number of aromatic nitrogens is 1. The number of thiazole rings is 1. The number of carbonyl (C=O) groups excluding carboxylic acids is 2. The Balaban J connectivity index is 1.65. The van der Waals surface area contributed by atoms with Gasteiger partial charge < -0.3 is 15.5 Å². The van der Waals surface area contributed by atoms with Gasteiger partial charge >= 0.3 is 0 Å². The van der Waals surface area contributed by atoms with Gasteiger partial charge in [0.05, 0.1) is 21.7 Å². The molecule has 1 saturated heterocycles. The van der Waals surface area contributed by atoms with Crippen LogP contribution in [0.15, 0.2) is 23.6 Å². The summed E-state index contributed by atoms with van der Waals surface area (Å²) in [6, 6.07) is 5.28. The molecule has 2 amide bonds. The van der Waals surface area contributed by atoms with Gasteiger partial charge in [-0.25, -0.2) is 4.98 Å². The van der Waals surface area contributed by atoms with Crippen molar-refractivity contribution >= 4 is 57.2 Å². The zero-order valence-electron chi connectivity index (χ0n) is 15.5. The molecule has 3 rings (SSSR count). The van der Waals surface area contributed by atoms with Gasteiger partial charge in [-0.3, -0.25) is 9.59 Å². The lowest BCUT2D eigenvalue weighted by atomic mass is 9.97. The summed E-state index contributed by atoms with van der Waals surface area (Å²) < 4.78 is 0. The smallest absolute Gasteiger partial charge is 0.273 e. The third kappa shape index (κ3) is 4.96. The van der Waals surface area contributed by atoms with Gasteiger partial charge in [-0.1, -0.05) is 36.2 Å². The van der Waals surface area contributed by atoms with Crippen LogP contribution in [0.5, 0.6) is 0 Å². The second kappa shape index (κ2) is 9.58. The third-order valence-corrected chi connectivity index (χ3v) is 6.12. The topological polar surface area (TPSA) is 74.3 Å². The van der Waals surface area contributed by atoms with E-state index < -0.39 is 0 Å². The molecule has 0 spiro atoms. The predicted octanol–water partition coefficient (Wildman–Crippen LogP) is 4.57. The van der Waals surface area contributed by atoms with E-state index in [1.807, 2.05) is 6.92 Å². The first-order chi connectivity index (χ1) is 13.5. The standard InChI is InChI=1S/C19H22Cl2N4O2S/c1-2-8-22-17(26)12-5-4-9-25(10-12)18(27)15-11-28-19(24-15)23-14-7-3-6-13(20)16(14)21/h3,6-7,11-12H,2,4-5,8-10H2,1H3,(H,22,26)(H,23,24). The largest absolute Gasteiger partial charge is 0.356 e. The molecule has 1 aliphatic heterocycles. The maximum absolute atomic E-state index is 12.8. The highest BCUT2D eigenvalue weighted by atomic mass is 35.5. The van der Waals surface area contributed by atoms with Gasteiger partial charge in [-0.2, -0.15) is 0 Å². The minimum absolute atomic E-state index is 0.0237. The van der Waals surface area contributed by atoms with Crippen molar-refractivity contribution in [3.63, 3.8) is 0 Å². The summed E-state index contributed by atoms with van der Waals surface area (Å²) in [6.07, 6.45) is 2.51. The average molecular weight is 441 g/mol. The number of amides is 2. The molecule has 0 bridgehead atoms. The number of likely N-dealkylation sites (tertiary alicyclic amines) is 1. The van der Waals surface area contributed by atoms with Crippen molar-refractivity contribution in [2.45, 2.75) is 26.2 Å². The summed E-state index contributed by atoms with van der Waals surface area (Å²) in [6.45, 7) is 3.74. The van der Waals surface area contributed by atoms with Crippen molar-refractivity contribution in [2.24, 2.45) is 5.92 Å². The van der Waals surface area contributed by atoms with Crippen LogP contribution in [0, 0.1) is 5.92 Å². The van der Waals surface area contributed by atoms with E-state index >= 15 is 0 Å². The summed E-state index contributed by atoms with van der Waals surface area (Å²) in [5.74, 6) is -0.296. The van der Waals surface area contributed by atoms with Gasteiger partial charge in [0, 0.05) is 25.0 Å². The van der Waals surface area contributed by atoms with Gasteiger partial charge in [-0.05, 0) is 31.4 Å². The van der Waals surface area contributed by atoms with Crippen LogP contribution in [0.2, 0.25) is 10.0 Å². The number of hydrogen-bond acceptors (Lipinski definition) is 5. The molecule has 0 aliphatic carbocycles. The lowest BCUT2D eigenvalue weighted by molar-refractivity contribution is -0.126. The number of benzene rings is 1. The highest BCUT2D eigenvalue weighted by molar-refractivity contribution is 7.14. The Morgan fingerprint density at radius 2 is 2.18 bits per heavy atom. The molecule has 0 radical (unpaired) electrons. The van der Waals surface area contributed by atoms with Gasteiger partial charge in [-0.15, -0.1) is 11.3 Å². The Labute approximate surface area is 178 Å². The monoisotopic (exact) mass is 440 g/mol. The molecule has 6 nitrogen and oxygen atoms in total. The maximum atomic E-state index is 12.8. The lowest BCUT2D eigenvalue weighted by Crippen LogP contribution is -2.45. The zero-order chi connectivity index (χ0) is 20.1. The minimum Gasteiger partial charge on any atom is -0.356 e. The van der Waals surface area contributed by atoms with E-state index in [1.54, 1.807) is 28.5 Å². The summed E-state index contributed by atoms with van der Waals surface area (Å²) >= 11 is 13.5. The minimum atomic E-state index is -0.161. The Kier molecular flexibility index (Phi) is 7.15. The van der Waals surface area contributed by atoms with Crippen LogP contribution in [-0.4, -0.2) is 41.3 Å². The van der Waals surface area contributed by atoms with Crippen molar-refractivity contribution in [3.8, 4) is 0 Å². The normalized spacial score (nSPS) is 16.7. The fraction of sp³-hybridized carbons (Fsp3) is 0.421. The second-order valence-corrected chi connectivity index (χ2v) is 8.29. The van der Waals surface area contributed by atoms with E-state index in [2.05, 4.69) is 15.6 Å². The van der Waals surface area contributed by atoms with E-state index in [0.29, 0.717) is 46.2 Å². The number of nitrogens with zero attached hydrogens (tertiary/aromatic N) is 2. The van der Waals surface area contributed by atoms with Crippen LogP contribution in [0.25, 0.3) is 0 Å². The number of halogens is 2. The number of nitrogens with one attached hydrogen (secondary N) is 2. The summed E-state index contributed by atoms with van der Waals surface area (Å²) in [5, 5.41) is 9.14. The van der Waals surface area contributed by atoms with E-state index in [9.17, 15) is 9.59 Å². The fourth-order valence-corrected chi connectivity index (χ4v) is 4.12. The molecular weight excluding hydrogens is 419 g/mol. The van der Waals surface area contributed by atoms with Crippen LogP contribution in [-0.2, 0) is 4.79 Å². The molecule has 1 atom stereocenters. The van der Waals surface area contributed by atoms with Crippen molar-refractivity contribution in [3.05, 3.63) is 39.3 Å². The summed E-state index contributed by atoms with van der Waals surface area (Å²) in [4.78, 5) is 31.2. The van der Waals surface area contributed by atoms with Crippen LogP contribution in [0.1, 0.15) is 36.7 Å². The van der Waals surface area contributed by atoms with Crippen molar-refractivity contribution in [1.29, 1.82) is 0 Å². The molecule has 2 N–H and O–H groups in total. The number of carbonyl (C=O) groups is 2. The van der Waals surface area contributed by atoms with Crippen LogP contribution >= 0.6 is 34.5 Å². The van der Waals surface area contributed by atoms with E-state index in [1.165, 1.54) is 11.3 Å². The number of anilines is 2. The Morgan fingerprint density at radius 3 is 2.96 bits per heavy atom. The first-order valence-corrected chi connectivity index (χ1v) is 10.9. The Morgan fingerprint density at radius 1 is 1.36 bits per heavy atom. The fourth-order valence-electron chi connectivity index (χ4n) is 3.08. The summed E-state index contributed by atoms with van der Waals surface area (Å²) in [7, 11) is 0. The Hall–Kier alpha value is -1.83. The lowest BCUT2D eigenvalue weighted by Gasteiger charge is -2.31. The van der Waals surface area contributed by atoms with Crippen molar-refractivity contribution in [2.75, 3.05) is 25.0 Å². The van der Waals surface area contributed by atoms with Crippen LogP contribution in [0.3, 0.4) is 0 Å². The molecule has 1 aliphatic rings. The number of rotatable bonds is 6. The first kappa shape index (κ1) is 20.9. The molecule has 2 heterocycles. The third-order valence-electron chi connectivity index (χ3n) is 4.55. The van der Waals surface area contributed by atoms with Crippen molar-refractivity contribution in [1.82, 2.24) is 15.2 Å². The van der Waals surface area contributed by atoms with Gasteiger partial charge in [0.1, 0.15) is 5.69 Å².